The van der Waals surface area contributed by atoms with Crippen LogP contribution in [0.1, 0.15) is 24.1 Å². The van der Waals surface area contributed by atoms with Gasteiger partial charge in [0.2, 0.25) is 0 Å². The van der Waals surface area contributed by atoms with Gasteiger partial charge in [0.25, 0.3) is 0 Å². The molecule has 1 atom stereocenters. The van der Waals surface area contributed by atoms with Gasteiger partial charge in [0.05, 0.1) is 0 Å². The van der Waals surface area contributed by atoms with Crippen LogP contribution >= 0.6 is 11.6 Å². The highest BCUT2D eigenvalue weighted by molar-refractivity contribution is 6.25. The van der Waals surface area contributed by atoms with Gasteiger partial charge in [-0.05, 0) is 31.6 Å². The van der Waals surface area contributed by atoms with Gasteiger partial charge in [0.15, 0.2) is 0 Å². The second kappa shape index (κ2) is 5.79. The molecule has 0 aliphatic heterocycles. The number of hydrogen-bond donors (Lipinski definition) is 1. The molecular formula is C12H16ClNO. The minimum absolute atomic E-state index is 0.0272. The predicted octanol–water partition coefficient (Wildman–Crippen LogP) is 3.15. The van der Waals surface area contributed by atoms with Gasteiger partial charge in [-0.2, -0.15) is 0 Å². The molecule has 2 N–H and O–H groups in total. The van der Waals surface area contributed by atoms with E-state index in [1.165, 1.54) is 5.54 Å². The molecule has 3 heteroatoms. The lowest BCUT2D eigenvalue weighted by Crippen LogP contribution is -2.08. The number of hydrogen-bond acceptors (Lipinski definition) is 2. The van der Waals surface area contributed by atoms with Crippen molar-refractivity contribution in [2.45, 2.75) is 19.9 Å². The Bertz CT molecular complexity index is 347. The summed E-state index contributed by atoms with van der Waals surface area (Å²) >= 11 is 5.42. The van der Waals surface area contributed by atoms with Crippen LogP contribution in [-0.2, 0) is 0 Å². The molecule has 1 aromatic rings. The Balaban J connectivity index is 2.86. The van der Waals surface area contributed by atoms with Gasteiger partial charge in [0, 0.05) is 17.1 Å². The molecule has 0 saturated carbocycles. The fourth-order valence-corrected chi connectivity index (χ4v) is 1.39. The van der Waals surface area contributed by atoms with E-state index in [0.717, 1.165) is 16.9 Å². The topological polar surface area (TPSA) is 35.2 Å². The van der Waals surface area contributed by atoms with E-state index in [4.69, 9.17) is 22.1 Å². The lowest BCUT2D eigenvalue weighted by Gasteiger charge is -2.13. The lowest BCUT2D eigenvalue weighted by molar-refractivity contribution is 0.356. The van der Waals surface area contributed by atoms with E-state index in [-0.39, 0.29) is 6.04 Å². The van der Waals surface area contributed by atoms with Crippen molar-refractivity contribution < 1.29 is 4.74 Å². The van der Waals surface area contributed by atoms with E-state index in [2.05, 4.69) is 0 Å². The third kappa shape index (κ3) is 3.57. The second-order valence-corrected chi connectivity index (χ2v) is 3.75. The van der Waals surface area contributed by atoms with E-state index in [0.29, 0.717) is 6.61 Å². The second-order valence-electron chi connectivity index (χ2n) is 3.50. The van der Waals surface area contributed by atoms with Gasteiger partial charge in [-0.15, -0.1) is 0 Å². The maximum absolute atomic E-state index is 5.84. The van der Waals surface area contributed by atoms with E-state index in [1.54, 1.807) is 6.08 Å². The molecule has 0 aliphatic rings. The Kier molecular flexibility index (Phi) is 4.66. The molecule has 0 spiro atoms. The molecule has 0 unspecified atom stereocenters. The number of ether oxygens (including phenoxy) is 1. The minimum atomic E-state index is -0.0272. The third-order valence-corrected chi connectivity index (χ3v) is 2.26. The Morgan fingerprint density at radius 2 is 2.27 bits per heavy atom. The Labute approximate surface area is 95.7 Å². The zero-order valence-corrected chi connectivity index (χ0v) is 9.79. The van der Waals surface area contributed by atoms with Crippen LogP contribution < -0.4 is 10.5 Å². The molecule has 1 rings (SSSR count). The van der Waals surface area contributed by atoms with Gasteiger partial charge < -0.3 is 10.5 Å². The van der Waals surface area contributed by atoms with E-state index in [1.807, 2.05) is 32.0 Å². The van der Waals surface area contributed by atoms with Gasteiger partial charge in [-0.3, -0.25) is 0 Å². The monoisotopic (exact) mass is 225 g/mol. The average Bonchev–Trinajstić information content (AvgIpc) is 2.18. The van der Waals surface area contributed by atoms with Crippen molar-refractivity contribution >= 4 is 11.6 Å². The van der Waals surface area contributed by atoms with Crippen molar-refractivity contribution in [2.24, 2.45) is 5.73 Å². The summed E-state index contributed by atoms with van der Waals surface area (Å²) in [6, 6.07) is 5.99. The van der Waals surface area contributed by atoms with Crippen molar-refractivity contribution in [1.82, 2.24) is 0 Å². The summed E-state index contributed by atoms with van der Waals surface area (Å²) in [5.41, 5.74) is 9.46. The van der Waals surface area contributed by atoms with Crippen LogP contribution in [0.2, 0.25) is 0 Å². The first kappa shape index (κ1) is 12.1. The molecule has 0 fully saturated rings. The summed E-state index contributed by atoms with van der Waals surface area (Å²) in [4.78, 5) is 0. The quantitative estimate of drug-likeness (QED) is 0.855. The Morgan fingerprint density at radius 1 is 1.53 bits per heavy atom. The highest BCUT2D eigenvalue weighted by atomic mass is 35.5. The molecule has 0 bridgehead atoms. The average molecular weight is 226 g/mol. The smallest absolute Gasteiger partial charge is 0.124 e. The molecule has 0 radical (unpaired) electrons. The zero-order valence-electron chi connectivity index (χ0n) is 9.03. The van der Waals surface area contributed by atoms with E-state index in [9.17, 15) is 0 Å². The molecule has 0 saturated heterocycles. The highest BCUT2D eigenvalue weighted by Gasteiger charge is 2.07. The summed E-state index contributed by atoms with van der Waals surface area (Å²) in [6.07, 6.45) is 1.74. The van der Waals surface area contributed by atoms with Crippen molar-refractivity contribution in [2.75, 3.05) is 6.61 Å². The number of aryl methyl sites for hydroxylation is 1. The van der Waals surface area contributed by atoms with Crippen LogP contribution in [0, 0.1) is 6.92 Å². The van der Waals surface area contributed by atoms with Gasteiger partial charge in [0.1, 0.15) is 12.4 Å². The minimum Gasteiger partial charge on any atom is -0.489 e. The fourth-order valence-electron chi connectivity index (χ4n) is 1.32. The Morgan fingerprint density at radius 3 is 2.87 bits per heavy atom. The first-order chi connectivity index (χ1) is 7.15. The van der Waals surface area contributed by atoms with Crippen molar-refractivity contribution in [1.29, 1.82) is 0 Å². The van der Waals surface area contributed by atoms with Crippen molar-refractivity contribution in [3.63, 3.8) is 0 Å². The molecule has 0 amide bonds. The van der Waals surface area contributed by atoms with Gasteiger partial charge >= 0.3 is 0 Å². The van der Waals surface area contributed by atoms with Crippen LogP contribution in [0.5, 0.6) is 5.75 Å². The van der Waals surface area contributed by atoms with Gasteiger partial charge in [-0.25, -0.2) is 0 Å². The Hall–Kier alpha value is -0.990. The van der Waals surface area contributed by atoms with Crippen LogP contribution in [0.4, 0.5) is 0 Å². The highest BCUT2D eigenvalue weighted by Crippen LogP contribution is 2.24. The summed E-state index contributed by atoms with van der Waals surface area (Å²) in [7, 11) is 0. The predicted molar refractivity (Wildman–Crippen MR) is 64.3 cm³/mol. The number of rotatable bonds is 4. The molecular weight excluding hydrogens is 210 g/mol. The van der Waals surface area contributed by atoms with Gasteiger partial charge in [-0.1, -0.05) is 23.7 Å². The summed E-state index contributed by atoms with van der Waals surface area (Å²) < 4.78 is 5.57. The summed E-state index contributed by atoms with van der Waals surface area (Å²) in [5, 5.41) is 0. The first-order valence-electron chi connectivity index (χ1n) is 4.89. The van der Waals surface area contributed by atoms with Crippen LogP contribution in [-0.4, -0.2) is 6.61 Å². The molecule has 0 aliphatic carbocycles. The van der Waals surface area contributed by atoms with Crippen LogP contribution in [0.25, 0.3) is 0 Å². The van der Waals surface area contributed by atoms with E-state index >= 15 is 0 Å². The number of halogens is 1. The largest absolute Gasteiger partial charge is 0.489 e. The normalized spacial score (nSPS) is 13.1. The third-order valence-electron chi connectivity index (χ3n) is 2.08. The molecule has 0 heterocycles. The summed E-state index contributed by atoms with van der Waals surface area (Å²) in [5.74, 6) is 0.833. The fraction of sp³-hybridized carbons (Fsp3) is 0.333. The standard InChI is InChI=1S/C12H16ClNO/c1-9-4-5-11(10(2)14)12(8-9)15-7-3-6-13/h3-6,8,10H,7,14H2,1-2H3/t10-/m0/s1. The van der Waals surface area contributed by atoms with Crippen molar-refractivity contribution in [3.8, 4) is 5.75 Å². The molecule has 82 valence electrons. The van der Waals surface area contributed by atoms with Crippen LogP contribution in [0.15, 0.2) is 29.8 Å². The molecule has 0 aromatic heterocycles. The molecule has 15 heavy (non-hydrogen) atoms. The number of benzene rings is 1. The first-order valence-corrected chi connectivity index (χ1v) is 5.33. The van der Waals surface area contributed by atoms with Crippen molar-refractivity contribution in [3.05, 3.63) is 40.9 Å². The SMILES string of the molecule is Cc1ccc([C@H](C)N)c(OCC=CCl)c1. The molecule has 2 nitrogen and oxygen atoms in total. The number of nitrogens with two attached hydrogens (primary N) is 1. The zero-order chi connectivity index (χ0) is 11.3. The van der Waals surface area contributed by atoms with Crippen LogP contribution in [0.3, 0.4) is 0 Å². The summed E-state index contributed by atoms with van der Waals surface area (Å²) in [6.45, 7) is 4.43. The molecule has 1 aromatic carbocycles. The lowest BCUT2D eigenvalue weighted by atomic mass is 10.1. The van der Waals surface area contributed by atoms with E-state index < -0.39 is 0 Å². The maximum atomic E-state index is 5.84. The maximum Gasteiger partial charge on any atom is 0.124 e.